The number of methoxy groups -OCH3 is 1. The van der Waals surface area contributed by atoms with Crippen molar-refractivity contribution in [3.63, 3.8) is 0 Å². The molecule has 3 aromatic carbocycles. The number of unbranched alkanes of at least 4 members (excludes halogenated alkanes) is 1. The largest absolute Gasteiger partial charge is 0.453 e. The number of alkyl halides is 2. The van der Waals surface area contributed by atoms with Crippen molar-refractivity contribution in [2.24, 2.45) is 7.05 Å². The zero-order valence-corrected chi connectivity index (χ0v) is 47.2. The van der Waals surface area contributed by atoms with Crippen LogP contribution in [0.4, 0.5) is 23.7 Å². The van der Waals surface area contributed by atoms with E-state index in [-0.39, 0.29) is 65.6 Å². The van der Waals surface area contributed by atoms with Crippen LogP contribution in [0.25, 0.3) is 55.4 Å². The second-order valence-corrected chi connectivity index (χ2v) is 22.2. The summed E-state index contributed by atoms with van der Waals surface area (Å²) in [5.41, 5.74) is 4.40. The van der Waals surface area contributed by atoms with Crippen LogP contribution in [-0.2, 0) is 35.6 Å². The molecule has 7 aromatic rings. The zero-order valence-electron chi connectivity index (χ0n) is 47.2. The zero-order chi connectivity index (χ0) is 60.0. The Bertz CT molecular complexity index is 3900. The number of aromatic nitrogens is 6. The maximum absolute atomic E-state index is 16.6. The second-order valence-electron chi connectivity index (χ2n) is 22.2. The van der Waals surface area contributed by atoms with Crippen LogP contribution in [-0.4, -0.2) is 169 Å². The smallest absolute Gasteiger partial charge is 0.407 e. The lowest BCUT2D eigenvalue weighted by Gasteiger charge is -2.34. The summed E-state index contributed by atoms with van der Waals surface area (Å²) in [6.45, 7) is 3.50. The van der Waals surface area contributed by atoms with Gasteiger partial charge in [0.2, 0.25) is 17.7 Å². The molecule has 1 unspecified atom stereocenters. The second kappa shape index (κ2) is 23.7. The SMILES string of the molecule is COC(=O)N[C@@H]1CC[C@@H](n2c(=O)n(C)c3cnc4[nH]c(-c5ccc(C(=O)N6CCN(CCCCOCC(F)(F)COCC(=O)Nc7cccc8c7C(=O)N(C7CCC(=O)NC7=O)C8=O)CC6)c(F)c5)c(-c5ccc6c(cnn6C(C)C)c5)c4c32)C1. The number of hydrogen-bond acceptors (Lipinski definition) is 14. The van der Waals surface area contributed by atoms with Gasteiger partial charge in [-0.15, -0.1) is 0 Å². The Morgan fingerprint density at radius 1 is 0.871 bits per heavy atom. The number of fused-ring (bicyclic) bond motifs is 5. The molecule has 7 amide bonds. The summed E-state index contributed by atoms with van der Waals surface area (Å²) in [7, 11) is 3.01. The first-order chi connectivity index (χ1) is 40.8. The first-order valence-corrected chi connectivity index (χ1v) is 28.2. The number of carbonyl (C=O) groups excluding carboxylic acids is 7. The summed E-state index contributed by atoms with van der Waals surface area (Å²) < 4.78 is 66.4. The summed E-state index contributed by atoms with van der Waals surface area (Å²) in [5.74, 6) is -8.43. The average Bonchev–Trinajstić information content (AvgIpc) is 1.81. The van der Waals surface area contributed by atoms with Gasteiger partial charge in [0.25, 0.3) is 23.6 Å². The predicted octanol–water partition coefficient (Wildman–Crippen LogP) is 6.32. The van der Waals surface area contributed by atoms with Crippen LogP contribution < -0.4 is 21.6 Å². The van der Waals surface area contributed by atoms with Crippen molar-refractivity contribution in [3.05, 3.63) is 100.0 Å². The van der Waals surface area contributed by atoms with Gasteiger partial charge in [-0.3, -0.25) is 57.7 Å². The lowest BCUT2D eigenvalue weighted by Crippen LogP contribution is -2.54. The first kappa shape index (κ1) is 58.0. The number of piperidine rings is 1. The van der Waals surface area contributed by atoms with Crippen LogP contribution in [0.3, 0.4) is 0 Å². The summed E-state index contributed by atoms with van der Waals surface area (Å²) in [5, 5.41) is 13.6. The molecule has 2 saturated heterocycles. The van der Waals surface area contributed by atoms with Gasteiger partial charge in [-0.2, -0.15) is 5.10 Å². The van der Waals surface area contributed by atoms with Crippen LogP contribution >= 0.6 is 0 Å². The van der Waals surface area contributed by atoms with E-state index in [1.807, 2.05) is 36.7 Å². The van der Waals surface area contributed by atoms with E-state index >= 15 is 4.39 Å². The number of H-pyrrole nitrogens is 1. The third kappa shape index (κ3) is 11.4. The molecule has 0 bridgehead atoms. The van der Waals surface area contributed by atoms with Crippen LogP contribution in [0.5, 0.6) is 0 Å². The van der Waals surface area contributed by atoms with Gasteiger partial charge in [0.15, 0.2) is 0 Å². The van der Waals surface area contributed by atoms with Gasteiger partial charge < -0.3 is 34.7 Å². The fraction of sp³-hybridized carbons (Fsp3) is 0.424. The van der Waals surface area contributed by atoms with Gasteiger partial charge >= 0.3 is 11.8 Å². The number of imide groups is 2. The minimum absolute atomic E-state index is 0.0252. The van der Waals surface area contributed by atoms with Crippen molar-refractivity contribution in [3.8, 4) is 22.4 Å². The fourth-order valence-electron chi connectivity index (χ4n) is 12.1. The number of pyridine rings is 1. The highest BCUT2D eigenvalue weighted by Gasteiger charge is 2.46. The predicted molar refractivity (Wildman–Crippen MR) is 303 cm³/mol. The maximum atomic E-state index is 16.6. The summed E-state index contributed by atoms with van der Waals surface area (Å²) in [6.07, 6.45) is 5.59. The fourth-order valence-corrected chi connectivity index (χ4v) is 12.1. The lowest BCUT2D eigenvalue weighted by atomic mass is 9.96. The molecule has 1 aliphatic carbocycles. The molecule has 23 nitrogen and oxygen atoms in total. The quantitative estimate of drug-likeness (QED) is 0.0511. The highest BCUT2D eigenvalue weighted by Crippen LogP contribution is 2.44. The molecule has 85 heavy (non-hydrogen) atoms. The van der Waals surface area contributed by atoms with Gasteiger partial charge in [-0.05, 0) is 101 Å². The number of ether oxygens (including phenoxy) is 3. The molecule has 3 fully saturated rings. The van der Waals surface area contributed by atoms with Crippen molar-refractivity contribution in [1.82, 2.24) is 54.2 Å². The molecule has 4 aliphatic rings. The highest BCUT2D eigenvalue weighted by molar-refractivity contribution is 6.26. The molecule has 4 N–H and O–H groups in total. The van der Waals surface area contributed by atoms with Gasteiger partial charge in [-0.1, -0.05) is 18.2 Å². The van der Waals surface area contributed by atoms with Gasteiger partial charge in [0, 0.05) is 80.9 Å². The Balaban J connectivity index is 0.684. The number of halogens is 3. The lowest BCUT2D eigenvalue weighted by molar-refractivity contribution is -0.137. The molecule has 26 heteroatoms. The topological polar surface area (TPSA) is 266 Å². The van der Waals surface area contributed by atoms with Crippen molar-refractivity contribution in [2.75, 3.05) is 71.6 Å². The summed E-state index contributed by atoms with van der Waals surface area (Å²) in [6, 6.07) is 13.0. The van der Waals surface area contributed by atoms with Gasteiger partial charge in [-0.25, -0.2) is 27.7 Å². The monoisotopic (exact) mass is 1170 g/mol. The Hall–Kier alpha value is -8.75. The number of carbonyl (C=O) groups is 7. The van der Waals surface area contributed by atoms with Crippen LogP contribution in [0.15, 0.2) is 71.8 Å². The van der Waals surface area contributed by atoms with Crippen molar-refractivity contribution in [2.45, 2.75) is 88.9 Å². The maximum Gasteiger partial charge on any atom is 0.407 e. The Morgan fingerprint density at radius 3 is 2.40 bits per heavy atom. The molecule has 3 aliphatic heterocycles. The molecular formula is C59H63F3N12O11. The van der Waals surface area contributed by atoms with Crippen LogP contribution in [0.2, 0.25) is 0 Å². The van der Waals surface area contributed by atoms with Crippen molar-refractivity contribution in [1.29, 1.82) is 0 Å². The number of hydrogen-bond donors (Lipinski definition) is 4. The van der Waals surface area contributed by atoms with Gasteiger partial charge in [0.1, 0.15) is 37.3 Å². The summed E-state index contributed by atoms with van der Waals surface area (Å²) >= 11 is 0. The molecule has 11 rings (SSSR count). The number of alkyl carbamates (subject to hydrolysis) is 1. The Kier molecular flexibility index (Phi) is 16.2. The number of benzene rings is 3. The van der Waals surface area contributed by atoms with E-state index in [9.17, 15) is 47.1 Å². The molecule has 1 saturated carbocycles. The van der Waals surface area contributed by atoms with Crippen LogP contribution in [0.1, 0.15) is 102 Å². The van der Waals surface area contributed by atoms with Crippen molar-refractivity contribution < 1.29 is 60.9 Å². The third-order valence-electron chi connectivity index (χ3n) is 16.3. The van der Waals surface area contributed by atoms with E-state index < -0.39 is 79.1 Å². The molecule has 446 valence electrons. The van der Waals surface area contributed by atoms with E-state index in [2.05, 4.69) is 30.9 Å². The summed E-state index contributed by atoms with van der Waals surface area (Å²) in [4.78, 5) is 116. The Morgan fingerprint density at radius 2 is 1.65 bits per heavy atom. The number of aryl methyl sites for hydroxylation is 1. The molecular weight excluding hydrogens is 1110 g/mol. The number of rotatable bonds is 19. The molecule has 7 heterocycles. The van der Waals surface area contributed by atoms with Gasteiger partial charge in [0.05, 0.1) is 69.5 Å². The standard InChI is InChI=1S/C59H63F3N12O11/c1-32(2)74-42-15-11-33(24-35(42)27-64-74)47-49-51-44(69(3)58(82)72(51)37-13-12-36(26-37)65-57(81)83-4)28-63-52(49)68-50(47)34-10-14-38(40(60)25-34)54(78)71-21-19-70(20-22-71)18-5-6-23-84-30-59(61,62)31-85-29-46(76)66-41-9-7-8-39-48(41)56(80)73(55(39)79)43-16-17-45(75)67-53(43)77/h7-11,14-15,24-25,27-28,32,36-37,43H,5-6,12-13,16-23,26,29-31H2,1-4H3,(H,63,68)(H,65,81)(H,66,76)(H,67,75,77)/t36-,37-,43?/m1/s1. The van der Waals surface area contributed by atoms with E-state index in [0.29, 0.717) is 104 Å². The number of nitrogens with one attached hydrogen (secondary N) is 4. The highest BCUT2D eigenvalue weighted by atomic mass is 19.3. The number of imidazole rings is 1. The number of amides is 7. The van der Waals surface area contributed by atoms with Crippen molar-refractivity contribution >= 4 is 80.2 Å². The minimum Gasteiger partial charge on any atom is -0.453 e. The van der Waals surface area contributed by atoms with E-state index in [1.54, 1.807) is 39.5 Å². The number of anilines is 1. The van der Waals surface area contributed by atoms with Crippen LogP contribution in [0, 0.1) is 5.82 Å². The van der Waals surface area contributed by atoms with E-state index in [1.165, 1.54) is 37.4 Å². The number of piperazine rings is 1. The molecule has 0 radical (unpaired) electrons. The molecule has 3 atom stereocenters. The number of aromatic amines is 1. The van der Waals surface area contributed by atoms with E-state index in [0.717, 1.165) is 21.4 Å². The number of nitrogens with zero attached hydrogens (tertiary/aromatic N) is 8. The molecule has 0 spiro atoms. The van der Waals surface area contributed by atoms with E-state index in [4.69, 9.17) is 19.2 Å². The normalized spacial score (nSPS) is 18.6. The molecule has 4 aromatic heterocycles. The average molecular weight is 1170 g/mol. The first-order valence-electron chi connectivity index (χ1n) is 28.2. The minimum atomic E-state index is -3.44. The third-order valence-corrected chi connectivity index (χ3v) is 16.3. The Labute approximate surface area is 483 Å².